The van der Waals surface area contributed by atoms with Crippen LogP contribution in [0, 0.1) is 0 Å². The monoisotopic (exact) mass is 264 g/mol. The van der Waals surface area contributed by atoms with Crippen molar-refractivity contribution in [3.63, 3.8) is 0 Å². The van der Waals surface area contributed by atoms with Gasteiger partial charge >= 0.3 is 6.18 Å². The van der Waals surface area contributed by atoms with Crippen molar-refractivity contribution in [1.29, 1.82) is 0 Å². The number of halogens is 4. The molecule has 0 aromatic heterocycles. The molecule has 0 aliphatic rings. The van der Waals surface area contributed by atoms with Crippen LogP contribution in [0.25, 0.3) is 0 Å². The zero-order chi connectivity index (χ0) is 13.2. The number of nitrogens with two attached hydrogens (primary N) is 1. The van der Waals surface area contributed by atoms with Crippen molar-refractivity contribution in [2.45, 2.75) is 6.18 Å². The van der Waals surface area contributed by atoms with Gasteiger partial charge in [0.15, 0.2) is 0 Å². The van der Waals surface area contributed by atoms with E-state index in [0.29, 0.717) is 6.07 Å². The fraction of sp³-hybridized carbons (Fsp3) is 0.100. The maximum atomic E-state index is 12.5. The van der Waals surface area contributed by atoms with Gasteiger partial charge in [-0.1, -0.05) is 18.2 Å². The van der Waals surface area contributed by atoms with Gasteiger partial charge in [0.2, 0.25) is 5.91 Å². The number of benzene rings is 1. The largest absolute Gasteiger partial charge is 0.418 e. The molecule has 3 nitrogen and oxygen atoms in total. The molecule has 0 aliphatic heterocycles. The van der Waals surface area contributed by atoms with Crippen LogP contribution in [0.5, 0.6) is 0 Å². The molecule has 1 aromatic rings. The summed E-state index contributed by atoms with van der Waals surface area (Å²) in [6, 6.07) is 1.61. The Kier molecular flexibility index (Phi) is 3.67. The van der Waals surface area contributed by atoms with Crippen LogP contribution in [0.3, 0.4) is 0 Å². The molecule has 0 fully saturated rings. The van der Waals surface area contributed by atoms with Gasteiger partial charge < -0.3 is 11.1 Å². The minimum absolute atomic E-state index is 0.0781. The minimum atomic E-state index is -4.61. The normalized spacial score (nSPS) is 11.1. The van der Waals surface area contributed by atoms with E-state index in [-0.39, 0.29) is 10.7 Å². The van der Waals surface area contributed by atoms with E-state index in [4.69, 9.17) is 17.3 Å². The van der Waals surface area contributed by atoms with Crippen LogP contribution in [0.1, 0.15) is 5.56 Å². The number of carbonyl (C=O) groups excluding carboxylic acids is 1. The molecule has 0 unspecified atom stereocenters. The number of hydrogen-bond donors (Lipinski definition) is 2. The molecule has 1 aromatic carbocycles. The van der Waals surface area contributed by atoms with Crippen molar-refractivity contribution in [1.82, 2.24) is 0 Å². The quantitative estimate of drug-likeness (QED) is 0.637. The van der Waals surface area contributed by atoms with Crippen LogP contribution < -0.4 is 11.1 Å². The number of amides is 1. The van der Waals surface area contributed by atoms with Crippen LogP contribution in [-0.2, 0) is 11.0 Å². The molecule has 0 bridgehead atoms. The summed E-state index contributed by atoms with van der Waals surface area (Å²) in [6.07, 6.45) is -3.69. The second-order valence-electron chi connectivity index (χ2n) is 3.11. The molecule has 17 heavy (non-hydrogen) atoms. The average molecular weight is 265 g/mol. The SMILES string of the molecule is C=CC(=O)Nc1cc(C(F)(F)F)c(N)cc1Cl. The van der Waals surface area contributed by atoms with Crippen molar-refractivity contribution in [3.05, 3.63) is 35.4 Å². The van der Waals surface area contributed by atoms with E-state index < -0.39 is 23.3 Å². The molecular formula is C10H8ClF3N2O. The predicted molar refractivity (Wildman–Crippen MR) is 59.7 cm³/mol. The molecule has 0 saturated heterocycles. The molecule has 0 saturated carbocycles. The molecule has 0 radical (unpaired) electrons. The van der Waals surface area contributed by atoms with Gasteiger partial charge in [0, 0.05) is 5.69 Å². The molecule has 1 rings (SSSR count). The first-order chi connectivity index (χ1) is 7.75. The van der Waals surface area contributed by atoms with Gasteiger partial charge in [-0.25, -0.2) is 0 Å². The number of carbonyl (C=O) groups is 1. The lowest BCUT2D eigenvalue weighted by Gasteiger charge is -2.13. The van der Waals surface area contributed by atoms with E-state index in [1.807, 2.05) is 0 Å². The predicted octanol–water partition coefficient (Wildman–Crippen LogP) is 3.07. The van der Waals surface area contributed by atoms with Gasteiger partial charge in [-0.05, 0) is 18.2 Å². The molecule has 0 spiro atoms. The number of rotatable bonds is 2. The summed E-state index contributed by atoms with van der Waals surface area (Å²) in [5, 5.41) is 2.08. The van der Waals surface area contributed by atoms with Crippen LogP contribution in [0.15, 0.2) is 24.8 Å². The zero-order valence-electron chi connectivity index (χ0n) is 8.44. The van der Waals surface area contributed by atoms with Crippen molar-refractivity contribution < 1.29 is 18.0 Å². The number of nitrogen functional groups attached to an aromatic ring is 1. The lowest BCUT2D eigenvalue weighted by atomic mass is 10.1. The summed E-state index contributed by atoms with van der Waals surface area (Å²) in [5.41, 5.74) is 3.48. The van der Waals surface area contributed by atoms with Crippen molar-refractivity contribution in [2.75, 3.05) is 11.1 Å². The first kappa shape index (κ1) is 13.4. The molecule has 7 heteroatoms. The summed E-state index contributed by atoms with van der Waals surface area (Å²) >= 11 is 5.66. The van der Waals surface area contributed by atoms with E-state index >= 15 is 0 Å². The average Bonchev–Trinajstić information content (AvgIpc) is 2.19. The molecule has 0 aliphatic carbocycles. The topological polar surface area (TPSA) is 55.1 Å². The second kappa shape index (κ2) is 4.67. The molecule has 0 atom stereocenters. The van der Waals surface area contributed by atoms with E-state index in [2.05, 4.69) is 11.9 Å². The highest BCUT2D eigenvalue weighted by atomic mass is 35.5. The highest BCUT2D eigenvalue weighted by molar-refractivity contribution is 6.34. The van der Waals surface area contributed by atoms with Crippen molar-refractivity contribution in [2.24, 2.45) is 0 Å². The summed E-state index contributed by atoms with van der Waals surface area (Å²) in [6.45, 7) is 3.17. The molecule has 92 valence electrons. The van der Waals surface area contributed by atoms with Crippen molar-refractivity contribution in [3.8, 4) is 0 Å². The zero-order valence-corrected chi connectivity index (χ0v) is 9.19. The highest BCUT2D eigenvalue weighted by Crippen LogP contribution is 2.38. The van der Waals surface area contributed by atoms with Gasteiger partial charge in [-0.15, -0.1) is 0 Å². The number of hydrogen-bond acceptors (Lipinski definition) is 2. The summed E-state index contributed by atoms with van der Waals surface area (Å²) in [7, 11) is 0. The minimum Gasteiger partial charge on any atom is -0.398 e. The van der Waals surface area contributed by atoms with Gasteiger partial charge in [0.25, 0.3) is 0 Å². The maximum Gasteiger partial charge on any atom is 0.418 e. The Morgan fingerprint density at radius 3 is 2.53 bits per heavy atom. The van der Waals surface area contributed by atoms with E-state index in [9.17, 15) is 18.0 Å². The van der Waals surface area contributed by atoms with Crippen molar-refractivity contribution >= 4 is 28.9 Å². The standard InChI is InChI=1S/C10H8ClF3N2O/c1-2-9(17)16-8-3-5(10(12,13)14)7(15)4-6(8)11/h2-4H,1,15H2,(H,16,17). The number of alkyl halides is 3. The van der Waals surface area contributed by atoms with Gasteiger partial charge in [0.05, 0.1) is 16.3 Å². The number of anilines is 2. The summed E-state index contributed by atoms with van der Waals surface area (Å²) in [4.78, 5) is 11.0. The van der Waals surface area contributed by atoms with Crippen LogP contribution in [-0.4, -0.2) is 5.91 Å². The van der Waals surface area contributed by atoms with Crippen LogP contribution in [0.4, 0.5) is 24.5 Å². The van der Waals surface area contributed by atoms with Crippen LogP contribution in [0.2, 0.25) is 5.02 Å². The highest BCUT2D eigenvalue weighted by Gasteiger charge is 2.33. The third-order valence-electron chi connectivity index (χ3n) is 1.89. The van der Waals surface area contributed by atoms with E-state index in [1.165, 1.54) is 0 Å². The Labute approximate surface area is 100 Å². The molecule has 3 N–H and O–H groups in total. The van der Waals surface area contributed by atoms with Gasteiger partial charge in [0.1, 0.15) is 0 Å². The maximum absolute atomic E-state index is 12.5. The first-order valence-electron chi connectivity index (χ1n) is 4.35. The Morgan fingerprint density at radius 1 is 1.47 bits per heavy atom. The summed E-state index contributed by atoms with van der Waals surface area (Å²) < 4.78 is 37.6. The van der Waals surface area contributed by atoms with Gasteiger partial charge in [-0.3, -0.25) is 4.79 Å². The Morgan fingerprint density at radius 2 is 2.06 bits per heavy atom. The van der Waals surface area contributed by atoms with Gasteiger partial charge in [-0.2, -0.15) is 13.2 Å². The fourth-order valence-corrected chi connectivity index (χ4v) is 1.33. The lowest BCUT2D eigenvalue weighted by molar-refractivity contribution is -0.136. The third kappa shape index (κ3) is 3.13. The smallest absolute Gasteiger partial charge is 0.398 e. The Hall–Kier alpha value is -1.69. The molecule has 0 heterocycles. The summed E-state index contributed by atoms with van der Waals surface area (Å²) in [5.74, 6) is -0.662. The van der Waals surface area contributed by atoms with Crippen LogP contribution >= 0.6 is 11.6 Å². The Balaban J connectivity index is 3.24. The fourth-order valence-electron chi connectivity index (χ4n) is 1.11. The van der Waals surface area contributed by atoms with E-state index in [1.54, 1.807) is 0 Å². The third-order valence-corrected chi connectivity index (χ3v) is 2.20. The van der Waals surface area contributed by atoms with E-state index in [0.717, 1.165) is 12.1 Å². The molecule has 1 amide bonds. The second-order valence-corrected chi connectivity index (χ2v) is 3.52. The number of nitrogens with one attached hydrogen (secondary N) is 1. The first-order valence-corrected chi connectivity index (χ1v) is 4.73. The Bertz CT molecular complexity index is 471. The lowest BCUT2D eigenvalue weighted by Crippen LogP contribution is -2.12. The molecular weight excluding hydrogens is 257 g/mol.